The van der Waals surface area contributed by atoms with Crippen molar-refractivity contribution in [2.24, 2.45) is 0 Å². The summed E-state index contributed by atoms with van der Waals surface area (Å²) in [4.78, 5) is 17.2. The molecule has 0 amide bonds. The Balaban J connectivity index is 2.15. The minimum Gasteiger partial charge on any atom is -0.493 e. The smallest absolute Gasteiger partial charge is 0.340 e. The average Bonchev–Trinajstić information content (AvgIpc) is 2.72. The molecule has 1 heterocycles. The molecule has 0 aliphatic heterocycles. The summed E-state index contributed by atoms with van der Waals surface area (Å²) in [5.41, 5.74) is 2.36. The van der Waals surface area contributed by atoms with Crippen LogP contribution in [0.1, 0.15) is 17.3 Å². The molecule has 6 nitrogen and oxygen atoms in total. The molecule has 0 aliphatic carbocycles. The van der Waals surface area contributed by atoms with Gasteiger partial charge in [-0.2, -0.15) is 5.26 Å². The molecule has 3 rings (SSSR count). The first-order chi connectivity index (χ1) is 13.1. The molecule has 0 fully saturated rings. The number of ether oxygens (including phenoxy) is 3. The molecule has 0 aliphatic rings. The van der Waals surface area contributed by atoms with Gasteiger partial charge in [0.25, 0.3) is 0 Å². The highest BCUT2D eigenvalue weighted by atomic mass is 16.5. The summed E-state index contributed by atoms with van der Waals surface area (Å²) in [6.45, 7) is 1.52. The van der Waals surface area contributed by atoms with Crippen molar-refractivity contribution in [1.29, 1.82) is 5.26 Å². The number of para-hydroxylation sites is 1. The van der Waals surface area contributed by atoms with Gasteiger partial charge in [-0.05, 0) is 37.3 Å². The SMILES string of the molecule is COc1ccc(-c2cc(C(=O)OC(C)C#N)c3ccccc3n2)cc1OC. The number of carbonyl (C=O) groups is 1. The Bertz CT molecular complexity index is 1040. The van der Waals surface area contributed by atoms with Crippen LogP contribution in [0.5, 0.6) is 11.5 Å². The second kappa shape index (κ2) is 7.75. The van der Waals surface area contributed by atoms with E-state index in [2.05, 4.69) is 4.98 Å². The van der Waals surface area contributed by atoms with Crippen molar-refractivity contribution in [1.82, 2.24) is 4.98 Å². The molecule has 0 bridgehead atoms. The lowest BCUT2D eigenvalue weighted by molar-refractivity contribution is 0.0438. The van der Waals surface area contributed by atoms with Gasteiger partial charge >= 0.3 is 5.97 Å². The molecule has 0 radical (unpaired) electrons. The van der Waals surface area contributed by atoms with Crippen LogP contribution in [-0.2, 0) is 4.74 Å². The molecule has 27 heavy (non-hydrogen) atoms. The van der Waals surface area contributed by atoms with Gasteiger partial charge in [-0.1, -0.05) is 18.2 Å². The summed E-state index contributed by atoms with van der Waals surface area (Å²) in [5, 5.41) is 9.58. The Morgan fingerprint density at radius 2 is 1.81 bits per heavy atom. The summed E-state index contributed by atoms with van der Waals surface area (Å²) in [6, 6.07) is 16.3. The van der Waals surface area contributed by atoms with E-state index in [-0.39, 0.29) is 0 Å². The van der Waals surface area contributed by atoms with E-state index in [0.717, 1.165) is 5.56 Å². The van der Waals surface area contributed by atoms with Crippen molar-refractivity contribution in [3.63, 3.8) is 0 Å². The van der Waals surface area contributed by atoms with Crippen LogP contribution in [-0.4, -0.2) is 31.3 Å². The molecule has 6 heteroatoms. The Labute approximate surface area is 156 Å². The number of nitriles is 1. The zero-order chi connectivity index (χ0) is 19.4. The summed E-state index contributed by atoms with van der Waals surface area (Å²) < 4.78 is 15.8. The van der Waals surface area contributed by atoms with Crippen LogP contribution < -0.4 is 9.47 Å². The maximum Gasteiger partial charge on any atom is 0.340 e. The van der Waals surface area contributed by atoms with Crippen LogP contribution in [0.15, 0.2) is 48.5 Å². The van der Waals surface area contributed by atoms with Gasteiger partial charge in [0.1, 0.15) is 6.07 Å². The van der Waals surface area contributed by atoms with E-state index in [0.29, 0.717) is 33.7 Å². The van der Waals surface area contributed by atoms with E-state index in [1.807, 2.05) is 30.3 Å². The fraction of sp³-hybridized carbons (Fsp3) is 0.190. The third-order valence-corrected chi connectivity index (χ3v) is 4.08. The van der Waals surface area contributed by atoms with Crippen LogP contribution >= 0.6 is 0 Å². The van der Waals surface area contributed by atoms with Crippen LogP contribution in [0, 0.1) is 11.3 Å². The molecule has 0 saturated carbocycles. The van der Waals surface area contributed by atoms with E-state index in [9.17, 15) is 4.79 Å². The molecule has 0 N–H and O–H groups in total. The third kappa shape index (κ3) is 3.67. The number of benzene rings is 2. The second-order valence-corrected chi connectivity index (χ2v) is 5.82. The van der Waals surface area contributed by atoms with E-state index < -0.39 is 12.1 Å². The van der Waals surface area contributed by atoms with Crippen molar-refractivity contribution >= 4 is 16.9 Å². The fourth-order valence-corrected chi connectivity index (χ4v) is 2.74. The molecule has 1 aromatic heterocycles. The minimum atomic E-state index is -0.839. The Morgan fingerprint density at radius 3 is 2.52 bits per heavy atom. The first kappa shape index (κ1) is 18.2. The lowest BCUT2D eigenvalue weighted by atomic mass is 10.0. The number of rotatable bonds is 5. The summed E-state index contributed by atoms with van der Waals surface area (Å²) in [5.74, 6) is 0.598. The molecule has 0 spiro atoms. The maximum atomic E-state index is 12.6. The Morgan fingerprint density at radius 1 is 1.07 bits per heavy atom. The largest absolute Gasteiger partial charge is 0.493 e. The molecular weight excluding hydrogens is 344 g/mol. The summed E-state index contributed by atoms with van der Waals surface area (Å²) in [7, 11) is 3.12. The van der Waals surface area contributed by atoms with Crippen LogP contribution in [0.4, 0.5) is 0 Å². The molecule has 3 aromatic rings. The van der Waals surface area contributed by atoms with E-state index in [1.54, 1.807) is 38.5 Å². The highest BCUT2D eigenvalue weighted by molar-refractivity contribution is 6.04. The normalized spacial score (nSPS) is 11.5. The predicted octanol–water partition coefficient (Wildman–Crippen LogP) is 3.99. The molecule has 0 saturated heterocycles. The van der Waals surface area contributed by atoms with Gasteiger partial charge in [0.05, 0.1) is 31.0 Å². The van der Waals surface area contributed by atoms with Gasteiger partial charge in [0.15, 0.2) is 17.6 Å². The number of aromatic nitrogens is 1. The summed E-state index contributed by atoms with van der Waals surface area (Å²) >= 11 is 0. The monoisotopic (exact) mass is 362 g/mol. The van der Waals surface area contributed by atoms with Crippen molar-refractivity contribution in [2.45, 2.75) is 13.0 Å². The first-order valence-electron chi connectivity index (χ1n) is 8.30. The molecule has 2 aromatic carbocycles. The number of hydrogen-bond acceptors (Lipinski definition) is 6. The molecule has 1 atom stereocenters. The van der Waals surface area contributed by atoms with Gasteiger partial charge in [-0.3, -0.25) is 0 Å². The van der Waals surface area contributed by atoms with Crippen molar-refractivity contribution in [2.75, 3.05) is 14.2 Å². The van der Waals surface area contributed by atoms with Gasteiger partial charge < -0.3 is 14.2 Å². The lowest BCUT2D eigenvalue weighted by Gasteiger charge is -2.12. The van der Waals surface area contributed by atoms with Crippen LogP contribution in [0.25, 0.3) is 22.2 Å². The molecular formula is C21H18N2O4. The number of hydrogen-bond donors (Lipinski definition) is 0. The minimum absolute atomic E-state index is 0.354. The van der Waals surface area contributed by atoms with Gasteiger partial charge in [-0.25, -0.2) is 9.78 Å². The molecule has 1 unspecified atom stereocenters. The highest BCUT2D eigenvalue weighted by Gasteiger charge is 2.18. The van der Waals surface area contributed by atoms with Crippen LogP contribution in [0.2, 0.25) is 0 Å². The topological polar surface area (TPSA) is 81.4 Å². The number of fused-ring (bicyclic) bond motifs is 1. The van der Waals surface area contributed by atoms with E-state index >= 15 is 0 Å². The van der Waals surface area contributed by atoms with Gasteiger partial charge in [0, 0.05) is 10.9 Å². The number of methoxy groups -OCH3 is 2. The third-order valence-electron chi connectivity index (χ3n) is 4.08. The maximum absolute atomic E-state index is 12.6. The number of carbonyl (C=O) groups excluding carboxylic acids is 1. The van der Waals surface area contributed by atoms with Gasteiger partial charge in [0.2, 0.25) is 0 Å². The van der Waals surface area contributed by atoms with Gasteiger partial charge in [-0.15, -0.1) is 0 Å². The van der Waals surface area contributed by atoms with Crippen molar-refractivity contribution in [3.8, 4) is 28.8 Å². The fourth-order valence-electron chi connectivity index (χ4n) is 2.74. The summed E-state index contributed by atoms with van der Waals surface area (Å²) in [6.07, 6.45) is -0.839. The number of esters is 1. The Kier molecular flexibility index (Phi) is 5.23. The predicted molar refractivity (Wildman–Crippen MR) is 101 cm³/mol. The average molecular weight is 362 g/mol. The Hall–Kier alpha value is -3.59. The standard InChI is InChI=1S/C21H18N2O4/c1-13(12-22)27-21(24)16-11-18(23-17-7-5-4-6-15(16)17)14-8-9-19(25-2)20(10-14)26-3/h4-11,13H,1-3H3. The second-order valence-electron chi connectivity index (χ2n) is 5.82. The van der Waals surface area contributed by atoms with E-state index in [1.165, 1.54) is 6.92 Å². The van der Waals surface area contributed by atoms with Crippen molar-refractivity contribution in [3.05, 3.63) is 54.1 Å². The van der Waals surface area contributed by atoms with Crippen molar-refractivity contribution < 1.29 is 19.0 Å². The lowest BCUT2D eigenvalue weighted by Crippen LogP contribution is -2.14. The number of pyridine rings is 1. The number of nitrogens with zero attached hydrogens (tertiary/aromatic N) is 2. The highest BCUT2D eigenvalue weighted by Crippen LogP contribution is 2.33. The first-order valence-corrected chi connectivity index (χ1v) is 8.30. The molecule has 136 valence electrons. The quantitative estimate of drug-likeness (QED) is 0.639. The zero-order valence-corrected chi connectivity index (χ0v) is 15.2. The van der Waals surface area contributed by atoms with E-state index in [4.69, 9.17) is 19.5 Å². The van der Waals surface area contributed by atoms with Crippen LogP contribution in [0.3, 0.4) is 0 Å². The zero-order valence-electron chi connectivity index (χ0n) is 15.2.